The number of rotatable bonds is 4. The maximum absolute atomic E-state index is 5.29. The van der Waals surface area contributed by atoms with Crippen molar-refractivity contribution < 1.29 is 4.74 Å². The lowest BCUT2D eigenvalue weighted by Gasteiger charge is -2.19. The fourth-order valence-electron chi connectivity index (χ4n) is 2.61. The Labute approximate surface area is 121 Å². The number of aryl methyl sites for hydroxylation is 3. The molecule has 2 aromatic rings. The molecular weight excluding hydrogens is 246 g/mol. The third-order valence-corrected chi connectivity index (χ3v) is 3.67. The van der Waals surface area contributed by atoms with Gasteiger partial charge in [-0.2, -0.15) is 0 Å². The molecule has 0 spiro atoms. The van der Waals surface area contributed by atoms with E-state index in [1.807, 2.05) is 6.07 Å². The molecule has 106 valence electrons. The molecule has 0 amide bonds. The van der Waals surface area contributed by atoms with E-state index in [0.717, 1.165) is 17.0 Å². The van der Waals surface area contributed by atoms with E-state index >= 15 is 0 Å². The number of anilines is 1. The van der Waals surface area contributed by atoms with Gasteiger partial charge in [0.15, 0.2) is 0 Å². The van der Waals surface area contributed by atoms with E-state index < -0.39 is 0 Å². The molecule has 20 heavy (non-hydrogen) atoms. The predicted octanol–water partition coefficient (Wildman–Crippen LogP) is 4.79. The Morgan fingerprint density at radius 1 is 0.950 bits per heavy atom. The topological polar surface area (TPSA) is 21.3 Å². The summed E-state index contributed by atoms with van der Waals surface area (Å²) in [6.07, 6.45) is 0. The van der Waals surface area contributed by atoms with Crippen molar-refractivity contribution in [1.29, 1.82) is 0 Å². The molecule has 0 aromatic heterocycles. The highest BCUT2D eigenvalue weighted by Gasteiger charge is 2.09. The summed E-state index contributed by atoms with van der Waals surface area (Å²) in [5.74, 6) is 0.926. The minimum absolute atomic E-state index is 0.281. The first-order valence-electron chi connectivity index (χ1n) is 6.99. The molecule has 0 bridgehead atoms. The van der Waals surface area contributed by atoms with Gasteiger partial charge in [-0.15, -0.1) is 0 Å². The molecule has 2 aromatic carbocycles. The third kappa shape index (κ3) is 3.13. The Kier molecular flexibility index (Phi) is 4.33. The van der Waals surface area contributed by atoms with Crippen LogP contribution >= 0.6 is 0 Å². The van der Waals surface area contributed by atoms with Gasteiger partial charge in [0.25, 0.3) is 0 Å². The van der Waals surface area contributed by atoms with Crippen LogP contribution < -0.4 is 10.1 Å². The summed E-state index contributed by atoms with van der Waals surface area (Å²) in [5, 5.41) is 3.56. The zero-order valence-electron chi connectivity index (χ0n) is 12.9. The van der Waals surface area contributed by atoms with Gasteiger partial charge in [-0.25, -0.2) is 0 Å². The van der Waals surface area contributed by atoms with Crippen molar-refractivity contribution >= 4 is 5.69 Å². The molecule has 0 aliphatic rings. The third-order valence-electron chi connectivity index (χ3n) is 3.67. The molecule has 0 aliphatic heterocycles. The van der Waals surface area contributed by atoms with Crippen LogP contribution in [0.25, 0.3) is 0 Å². The predicted molar refractivity (Wildman–Crippen MR) is 85.7 cm³/mol. The first-order chi connectivity index (χ1) is 9.51. The lowest BCUT2D eigenvalue weighted by molar-refractivity contribution is 0.412. The molecule has 2 rings (SSSR count). The SMILES string of the molecule is COc1ccc(NC(C)c2ccc(C)cc2C)cc1C. The van der Waals surface area contributed by atoms with Crippen LogP contribution in [0.2, 0.25) is 0 Å². The summed E-state index contributed by atoms with van der Waals surface area (Å²) in [6, 6.07) is 13.1. The number of hydrogen-bond acceptors (Lipinski definition) is 2. The lowest BCUT2D eigenvalue weighted by atomic mass is 10.00. The standard InChI is InChI=1S/C18H23NO/c1-12-6-8-17(13(2)10-12)15(4)19-16-7-9-18(20-5)14(3)11-16/h6-11,15,19H,1-5H3. The average molecular weight is 269 g/mol. The number of ether oxygens (including phenoxy) is 1. The Bertz CT molecular complexity index is 604. The average Bonchev–Trinajstić information content (AvgIpc) is 2.38. The van der Waals surface area contributed by atoms with Gasteiger partial charge in [0.2, 0.25) is 0 Å². The Morgan fingerprint density at radius 2 is 1.70 bits per heavy atom. The van der Waals surface area contributed by atoms with E-state index in [-0.39, 0.29) is 6.04 Å². The molecule has 1 atom stereocenters. The van der Waals surface area contributed by atoms with Crippen LogP contribution in [0.3, 0.4) is 0 Å². The van der Waals surface area contributed by atoms with Crippen LogP contribution in [0.4, 0.5) is 5.69 Å². The molecular formula is C18H23NO. The van der Waals surface area contributed by atoms with Gasteiger partial charge in [-0.3, -0.25) is 0 Å². The summed E-state index contributed by atoms with van der Waals surface area (Å²) in [4.78, 5) is 0. The second kappa shape index (κ2) is 6.00. The van der Waals surface area contributed by atoms with Crippen molar-refractivity contribution in [3.05, 3.63) is 58.7 Å². The molecule has 0 fully saturated rings. The van der Waals surface area contributed by atoms with E-state index in [1.54, 1.807) is 7.11 Å². The minimum atomic E-state index is 0.281. The molecule has 1 unspecified atom stereocenters. The van der Waals surface area contributed by atoms with Gasteiger partial charge >= 0.3 is 0 Å². The molecule has 0 saturated heterocycles. The Balaban J connectivity index is 2.18. The number of hydrogen-bond donors (Lipinski definition) is 1. The fraction of sp³-hybridized carbons (Fsp3) is 0.333. The monoisotopic (exact) mass is 269 g/mol. The van der Waals surface area contributed by atoms with Crippen LogP contribution in [-0.2, 0) is 0 Å². The van der Waals surface area contributed by atoms with Crippen molar-refractivity contribution in [1.82, 2.24) is 0 Å². The van der Waals surface area contributed by atoms with Gasteiger partial charge in [0, 0.05) is 11.7 Å². The molecule has 2 heteroatoms. The molecule has 2 nitrogen and oxygen atoms in total. The van der Waals surface area contributed by atoms with E-state index in [4.69, 9.17) is 4.74 Å². The zero-order chi connectivity index (χ0) is 14.7. The van der Waals surface area contributed by atoms with Crippen molar-refractivity contribution in [2.24, 2.45) is 0 Å². The van der Waals surface area contributed by atoms with Gasteiger partial charge in [-0.1, -0.05) is 23.8 Å². The zero-order valence-corrected chi connectivity index (χ0v) is 12.9. The first-order valence-corrected chi connectivity index (χ1v) is 6.99. The van der Waals surface area contributed by atoms with Crippen LogP contribution in [-0.4, -0.2) is 7.11 Å². The number of methoxy groups -OCH3 is 1. The highest BCUT2D eigenvalue weighted by molar-refractivity contribution is 5.52. The number of nitrogens with one attached hydrogen (secondary N) is 1. The largest absolute Gasteiger partial charge is 0.496 e. The van der Waals surface area contributed by atoms with Crippen LogP contribution in [0.5, 0.6) is 5.75 Å². The van der Waals surface area contributed by atoms with Crippen LogP contribution in [0.1, 0.15) is 35.2 Å². The van der Waals surface area contributed by atoms with E-state index in [0.29, 0.717) is 0 Å². The minimum Gasteiger partial charge on any atom is -0.496 e. The van der Waals surface area contributed by atoms with Crippen molar-refractivity contribution in [2.75, 3.05) is 12.4 Å². The van der Waals surface area contributed by atoms with E-state index in [9.17, 15) is 0 Å². The summed E-state index contributed by atoms with van der Waals surface area (Å²) >= 11 is 0. The first kappa shape index (κ1) is 14.4. The summed E-state index contributed by atoms with van der Waals surface area (Å²) in [5.41, 5.74) is 6.24. The van der Waals surface area contributed by atoms with Crippen LogP contribution in [0, 0.1) is 20.8 Å². The van der Waals surface area contributed by atoms with Gasteiger partial charge in [-0.05, 0) is 62.6 Å². The molecule has 0 radical (unpaired) electrons. The second-order valence-corrected chi connectivity index (χ2v) is 5.41. The molecule has 0 heterocycles. The number of benzene rings is 2. The molecule has 0 saturated carbocycles. The second-order valence-electron chi connectivity index (χ2n) is 5.41. The fourth-order valence-corrected chi connectivity index (χ4v) is 2.61. The van der Waals surface area contributed by atoms with Gasteiger partial charge in [0.05, 0.1) is 7.11 Å². The van der Waals surface area contributed by atoms with Gasteiger partial charge < -0.3 is 10.1 Å². The van der Waals surface area contributed by atoms with Crippen molar-refractivity contribution in [3.8, 4) is 5.75 Å². The quantitative estimate of drug-likeness (QED) is 0.861. The highest BCUT2D eigenvalue weighted by Crippen LogP contribution is 2.26. The highest BCUT2D eigenvalue weighted by atomic mass is 16.5. The normalized spacial score (nSPS) is 12.1. The summed E-state index contributed by atoms with van der Waals surface area (Å²) < 4.78 is 5.29. The van der Waals surface area contributed by atoms with Crippen LogP contribution in [0.15, 0.2) is 36.4 Å². The van der Waals surface area contributed by atoms with Crippen molar-refractivity contribution in [3.63, 3.8) is 0 Å². The molecule has 0 aliphatic carbocycles. The Morgan fingerprint density at radius 3 is 2.30 bits per heavy atom. The Hall–Kier alpha value is -1.96. The van der Waals surface area contributed by atoms with Gasteiger partial charge in [0.1, 0.15) is 5.75 Å². The summed E-state index contributed by atoms with van der Waals surface area (Å²) in [7, 11) is 1.70. The maximum atomic E-state index is 5.29. The van der Waals surface area contributed by atoms with E-state index in [1.165, 1.54) is 16.7 Å². The van der Waals surface area contributed by atoms with Crippen molar-refractivity contribution in [2.45, 2.75) is 33.7 Å². The lowest BCUT2D eigenvalue weighted by Crippen LogP contribution is -2.08. The summed E-state index contributed by atoms with van der Waals surface area (Å²) in [6.45, 7) is 8.55. The smallest absolute Gasteiger partial charge is 0.121 e. The molecule has 1 N–H and O–H groups in total. The van der Waals surface area contributed by atoms with E-state index in [2.05, 4.69) is 63.3 Å². The maximum Gasteiger partial charge on any atom is 0.121 e.